The first kappa shape index (κ1) is 14.8. The molecule has 2 N–H and O–H groups in total. The maximum atomic E-state index is 12.0. The molecule has 1 heterocycles. The summed E-state index contributed by atoms with van der Waals surface area (Å²) in [5.74, 6) is 0.944. The van der Waals surface area contributed by atoms with E-state index in [1.54, 1.807) is 6.92 Å². The van der Waals surface area contributed by atoms with Crippen LogP contribution in [-0.2, 0) is 10.3 Å². The van der Waals surface area contributed by atoms with Crippen LogP contribution in [0, 0.1) is 6.92 Å². The molecule has 0 unspecified atom stereocenters. The first-order chi connectivity index (χ1) is 9.40. The average Bonchev–Trinajstić information content (AvgIpc) is 2.73. The molecule has 1 aliphatic carbocycles. The topological polar surface area (TPSA) is 89.3 Å². The van der Waals surface area contributed by atoms with Crippen molar-refractivity contribution < 1.29 is 14.1 Å². The van der Waals surface area contributed by atoms with Gasteiger partial charge in [-0.15, -0.1) is 0 Å². The third-order valence-corrected chi connectivity index (χ3v) is 3.35. The Kier molecular flexibility index (Phi) is 4.27. The van der Waals surface area contributed by atoms with Crippen molar-refractivity contribution in [2.45, 2.75) is 58.2 Å². The SMILES string of the molecule is CCOC1CC(NC(=O)NC(C)(C)c2noc(C)n2)C1. The second kappa shape index (κ2) is 5.78. The Morgan fingerprint density at radius 2 is 2.20 bits per heavy atom. The highest BCUT2D eigenvalue weighted by Crippen LogP contribution is 2.23. The number of carbonyl (C=O) groups excluding carboxylic acids is 1. The van der Waals surface area contributed by atoms with E-state index in [0.717, 1.165) is 12.8 Å². The largest absolute Gasteiger partial charge is 0.378 e. The number of nitrogens with zero attached hydrogens (tertiary/aromatic N) is 2. The fraction of sp³-hybridized carbons (Fsp3) is 0.769. The van der Waals surface area contributed by atoms with Crippen LogP contribution >= 0.6 is 0 Å². The summed E-state index contributed by atoms with van der Waals surface area (Å²) in [6.45, 7) is 8.08. The molecule has 2 rings (SSSR count). The summed E-state index contributed by atoms with van der Waals surface area (Å²) < 4.78 is 10.4. The van der Waals surface area contributed by atoms with Crippen LogP contribution in [0.3, 0.4) is 0 Å². The summed E-state index contributed by atoms with van der Waals surface area (Å²) in [5.41, 5.74) is -0.676. The van der Waals surface area contributed by atoms with E-state index < -0.39 is 5.54 Å². The van der Waals surface area contributed by atoms with Gasteiger partial charge in [-0.25, -0.2) is 4.79 Å². The van der Waals surface area contributed by atoms with Gasteiger partial charge in [0.2, 0.25) is 5.89 Å². The van der Waals surface area contributed by atoms with Crippen molar-refractivity contribution in [3.8, 4) is 0 Å². The summed E-state index contributed by atoms with van der Waals surface area (Å²) in [4.78, 5) is 16.1. The van der Waals surface area contributed by atoms with Crippen molar-refractivity contribution >= 4 is 6.03 Å². The van der Waals surface area contributed by atoms with Crippen LogP contribution in [0.2, 0.25) is 0 Å². The van der Waals surface area contributed by atoms with Crippen molar-refractivity contribution in [1.82, 2.24) is 20.8 Å². The molecule has 7 heteroatoms. The molecule has 112 valence electrons. The van der Waals surface area contributed by atoms with Crippen LogP contribution in [0.1, 0.15) is 45.3 Å². The van der Waals surface area contributed by atoms with E-state index in [1.165, 1.54) is 0 Å². The summed E-state index contributed by atoms with van der Waals surface area (Å²) in [6, 6.07) is -0.0493. The number of urea groups is 1. The number of hydrogen-bond acceptors (Lipinski definition) is 5. The van der Waals surface area contributed by atoms with E-state index in [4.69, 9.17) is 9.26 Å². The van der Waals surface area contributed by atoms with E-state index in [-0.39, 0.29) is 18.2 Å². The van der Waals surface area contributed by atoms with Crippen LogP contribution in [-0.4, -0.2) is 34.9 Å². The Bertz CT molecular complexity index is 466. The van der Waals surface area contributed by atoms with Crippen molar-refractivity contribution in [3.05, 3.63) is 11.7 Å². The van der Waals surface area contributed by atoms with Crippen molar-refractivity contribution in [3.63, 3.8) is 0 Å². The Morgan fingerprint density at radius 3 is 2.75 bits per heavy atom. The monoisotopic (exact) mass is 282 g/mol. The minimum Gasteiger partial charge on any atom is -0.378 e. The summed E-state index contributed by atoms with van der Waals surface area (Å²) in [7, 11) is 0. The third kappa shape index (κ3) is 3.47. The number of ether oxygens (including phenoxy) is 1. The molecule has 1 aliphatic rings. The first-order valence-corrected chi connectivity index (χ1v) is 6.91. The molecule has 2 amide bonds. The smallest absolute Gasteiger partial charge is 0.315 e. The molecule has 7 nitrogen and oxygen atoms in total. The van der Waals surface area contributed by atoms with Gasteiger partial charge in [0.05, 0.1) is 11.6 Å². The van der Waals surface area contributed by atoms with Crippen LogP contribution in [0.4, 0.5) is 4.79 Å². The van der Waals surface area contributed by atoms with E-state index in [2.05, 4.69) is 20.8 Å². The predicted octanol–water partition coefficient (Wildman–Crippen LogP) is 1.48. The number of carbonyl (C=O) groups is 1. The fourth-order valence-corrected chi connectivity index (χ4v) is 2.17. The minimum absolute atomic E-state index is 0.175. The number of aromatic nitrogens is 2. The van der Waals surface area contributed by atoms with E-state index in [0.29, 0.717) is 18.3 Å². The molecule has 0 aliphatic heterocycles. The number of rotatable bonds is 5. The van der Waals surface area contributed by atoms with Crippen molar-refractivity contribution in [1.29, 1.82) is 0 Å². The van der Waals surface area contributed by atoms with Gasteiger partial charge >= 0.3 is 6.03 Å². The zero-order chi connectivity index (χ0) is 14.8. The maximum absolute atomic E-state index is 12.0. The Morgan fingerprint density at radius 1 is 1.50 bits per heavy atom. The molecule has 1 saturated carbocycles. The van der Waals surface area contributed by atoms with Crippen LogP contribution in [0.5, 0.6) is 0 Å². The lowest BCUT2D eigenvalue weighted by Gasteiger charge is -2.36. The summed E-state index contributed by atoms with van der Waals surface area (Å²) >= 11 is 0. The highest BCUT2D eigenvalue weighted by Gasteiger charge is 2.33. The highest BCUT2D eigenvalue weighted by molar-refractivity contribution is 5.75. The van der Waals surface area contributed by atoms with Gasteiger partial charge in [0.25, 0.3) is 0 Å². The molecule has 0 spiro atoms. The predicted molar refractivity (Wildman–Crippen MR) is 72.2 cm³/mol. The molecule has 0 atom stereocenters. The third-order valence-electron chi connectivity index (χ3n) is 3.35. The number of aryl methyl sites for hydroxylation is 1. The molecule has 1 aromatic rings. The number of nitrogens with one attached hydrogen (secondary N) is 2. The van der Waals surface area contributed by atoms with Gasteiger partial charge in [-0.2, -0.15) is 4.98 Å². The lowest BCUT2D eigenvalue weighted by atomic mass is 9.89. The molecule has 0 bridgehead atoms. The summed E-state index contributed by atoms with van der Waals surface area (Å²) in [5, 5.41) is 9.62. The standard InChI is InChI=1S/C13H22N4O3/c1-5-19-10-6-9(7-10)15-12(18)16-13(3,4)11-14-8(2)20-17-11/h9-10H,5-7H2,1-4H3,(H2,15,16,18). The zero-order valence-electron chi connectivity index (χ0n) is 12.4. The number of hydrogen-bond donors (Lipinski definition) is 2. The van der Waals surface area contributed by atoms with E-state index in [1.807, 2.05) is 20.8 Å². The van der Waals surface area contributed by atoms with Gasteiger partial charge in [0.1, 0.15) is 0 Å². The molecular formula is C13H22N4O3. The molecule has 1 aromatic heterocycles. The Labute approximate surface area is 118 Å². The fourth-order valence-electron chi connectivity index (χ4n) is 2.17. The van der Waals surface area contributed by atoms with E-state index >= 15 is 0 Å². The Balaban J connectivity index is 1.80. The molecule has 0 saturated heterocycles. The molecule has 0 aromatic carbocycles. The first-order valence-electron chi connectivity index (χ1n) is 6.91. The van der Waals surface area contributed by atoms with Gasteiger partial charge in [0.15, 0.2) is 5.82 Å². The van der Waals surface area contributed by atoms with Gasteiger partial charge in [-0.1, -0.05) is 5.16 Å². The quantitative estimate of drug-likeness (QED) is 0.854. The average molecular weight is 282 g/mol. The number of amides is 2. The Hall–Kier alpha value is -1.63. The maximum Gasteiger partial charge on any atom is 0.315 e. The molecule has 0 radical (unpaired) electrons. The second-order valence-corrected chi connectivity index (χ2v) is 5.61. The minimum atomic E-state index is -0.676. The van der Waals surface area contributed by atoms with E-state index in [9.17, 15) is 4.79 Å². The zero-order valence-corrected chi connectivity index (χ0v) is 12.4. The van der Waals surface area contributed by atoms with Crippen LogP contribution in [0.15, 0.2) is 4.52 Å². The molecule has 1 fully saturated rings. The van der Waals surface area contributed by atoms with Crippen LogP contribution < -0.4 is 10.6 Å². The van der Waals surface area contributed by atoms with Crippen molar-refractivity contribution in [2.24, 2.45) is 0 Å². The van der Waals surface area contributed by atoms with Crippen LogP contribution in [0.25, 0.3) is 0 Å². The van der Waals surface area contributed by atoms with Gasteiger partial charge in [0, 0.05) is 19.6 Å². The normalized spacial score (nSPS) is 22.2. The summed E-state index contributed by atoms with van der Waals surface area (Å²) in [6.07, 6.45) is 2.00. The van der Waals surface area contributed by atoms with Gasteiger partial charge in [-0.3, -0.25) is 0 Å². The lowest BCUT2D eigenvalue weighted by molar-refractivity contribution is -0.00725. The van der Waals surface area contributed by atoms with Gasteiger partial charge < -0.3 is 19.9 Å². The van der Waals surface area contributed by atoms with Crippen molar-refractivity contribution in [2.75, 3.05) is 6.61 Å². The molecule has 20 heavy (non-hydrogen) atoms. The lowest BCUT2D eigenvalue weighted by Crippen LogP contribution is -2.54. The second-order valence-electron chi connectivity index (χ2n) is 5.61. The molecular weight excluding hydrogens is 260 g/mol. The highest BCUT2D eigenvalue weighted by atomic mass is 16.5. The van der Waals surface area contributed by atoms with Gasteiger partial charge in [-0.05, 0) is 33.6 Å².